The highest BCUT2D eigenvalue weighted by atomic mass is 31.0. The molecule has 0 aromatic heterocycles. The number of ether oxygens (including phenoxy) is 2. The molecule has 0 radical (unpaired) electrons. The molecule has 46 valence electrons. The lowest BCUT2D eigenvalue weighted by Crippen LogP contribution is -1.79. The van der Waals surface area contributed by atoms with Gasteiger partial charge >= 0.3 is 0 Å². The largest absolute Gasteiger partial charge is 0.353 e. The van der Waals surface area contributed by atoms with E-state index >= 15 is 0 Å². The van der Waals surface area contributed by atoms with E-state index in [9.17, 15) is 0 Å². The van der Waals surface area contributed by atoms with Crippen LogP contribution in [-0.2, 0) is 9.47 Å². The van der Waals surface area contributed by atoms with E-state index in [1.165, 1.54) is 0 Å². The Labute approximate surface area is 50.2 Å². The SMILES string of the molecule is C1COCO1.P.P. The molecule has 1 rings (SSSR count). The van der Waals surface area contributed by atoms with Crippen molar-refractivity contribution in [1.82, 2.24) is 0 Å². The monoisotopic (exact) mass is 142 g/mol. The summed E-state index contributed by atoms with van der Waals surface area (Å²) in [5.74, 6) is 0. The fourth-order valence-corrected chi connectivity index (χ4v) is 0.295. The number of rotatable bonds is 0. The Hall–Kier alpha value is 0.780. The van der Waals surface area contributed by atoms with Crippen molar-refractivity contribution in [2.75, 3.05) is 20.0 Å². The van der Waals surface area contributed by atoms with E-state index in [1.807, 2.05) is 0 Å². The van der Waals surface area contributed by atoms with Gasteiger partial charge in [-0.05, 0) is 0 Å². The van der Waals surface area contributed by atoms with Gasteiger partial charge in [-0.25, -0.2) is 0 Å². The van der Waals surface area contributed by atoms with Gasteiger partial charge in [-0.1, -0.05) is 0 Å². The van der Waals surface area contributed by atoms with Crippen LogP contribution >= 0.6 is 19.8 Å². The predicted molar refractivity (Wildman–Crippen MR) is 39.0 cm³/mol. The molecular weight excluding hydrogens is 130 g/mol. The van der Waals surface area contributed by atoms with Crippen molar-refractivity contribution < 1.29 is 9.47 Å². The molecule has 2 unspecified atom stereocenters. The van der Waals surface area contributed by atoms with Gasteiger partial charge in [0.15, 0.2) is 0 Å². The van der Waals surface area contributed by atoms with Crippen molar-refractivity contribution in [1.29, 1.82) is 0 Å². The normalized spacial score (nSPS) is 17.1. The second-order valence-corrected chi connectivity index (χ2v) is 0.934. The average Bonchev–Trinajstić information content (AvgIpc) is 1.76. The first kappa shape index (κ1) is 10.7. The predicted octanol–water partition coefficient (Wildman–Crippen LogP) is 0.107. The Morgan fingerprint density at radius 2 is 1.29 bits per heavy atom. The fourth-order valence-electron chi connectivity index (χ4n) is 0.295. The standard InChI is InChI=1S/C3H6O2.2H3P/c1-2-5-3-4-1;;/h1-3H2;2*1H3. The van der Waals surface area contributed by atoms with Gasteiger partial charge in [0.2, 0.25) is 0 Å². The second-order valence-electron chi connectivity index (χ2n) is 0.934. The molecular formula is C3H12O2P2. The van der Waals surface area contributed by atoms with Crippen molar-refractivity contribution in [2.45, 2.75) is 0 Å². The number of hydrogen-bond donors (Lipinski definition) is 0. The van der Waals surface area contributed by atoms with Gasteiger partial charge in [0.25, 0.3) is 0 Å². The average molecular weight is 142 g/mol. The van der Waals surface area contributed by atoms with E-state index in [4.69, 9.17) is 9.47 Å². The highest BCUT2D eigenvalue weighted by Crippen LogP contribution is 1.85. The third-order valence-electron chi connectivity index (χ3n) is 0.539. The molecule has 0 aromatic rings. The van der Waals surface area contributed by atoms with Crippen LogP contribution in [0.4, 0.5) is 0 Å². The molecule has 0 N–H and O–H groups in total. The third-order valence-corrected chi connectivity index (χ3v) is 0.539. The van der Waals surface area contributed by atoms with Crippen LogP contribution in [0.5, 0.6) is 0 Å². The molecule has 0 saturated carbocycles. The van der Waals surface area contributed by atoms with Gasteiger partial charge in [0.05, 0.1) is 13.2 Å². The Bertz CT molecular complexity index is 22.5. The van der Waals surface area contributed by atoms with Gasteiger partial charge in [0, 0.05) is 0 Å². The maximum absolute atomic E-state index is 4.72. The molecule has 7 heavy (non-hydrogen) atoms. The van der Waals surface area contributed by atoms with E-state index in [-0.39, 0.29) is 19.8 Å². The minimum absolute atomic E-state index is 0. The van der Waals surface area contributed by atoms with Crippen molar-refractivity contribution >= 4 is 19.8 Å². The summed E-state index contributed by atoms with van der Waals surface area (Å²) < 4.78 is 9.44. The summed E-state index contributed by atoms with van der Waals surface area (Å²) in [6, 6.07) is 0. The van der Waals surface area contributed by atoms with E-state index in [0.29, 0.717) is 6.79 Å². The Morgan fingerprint density at radius 3 is 1.43 bits per heavy atom. The molecule has 2 atom stereocenters. The van der Waals surface area contributed by atoms with Crippen molar-refractivity contribution in [3.63, 3.8) is 0 Å². The smallest absolute Gasteiger partial charge is 0.146 e. The van der Waals surface area contributed by atoms with Crippen LogP contribution in [0.1, 0.15) is 0 Å². The van der Waals surface area contributed by atoms with Crippen LogP contribution in [0.25, 0.3) is 0 Å². The highest BCUT2D eigenvalue weighted by Gasteiger charge is 1.93. The molecule has 0 amide bonds. The second kappa shape index (κ2) is 6.78. The third kappa shape index (κ3) is 4.64. The van der Waals surface area contributed by atoms with Crippen LogP contribution < -0.4 is 0 Å². The summed E-state index contributed by atoms with van der Waals surface area (Å²) in [5.41, 5.74) is 0. The van der Waals surface area contributed by atoms with E-state index in [1.54, 1.807) is 0 Å². The van der Waals surface area contributed by atoms with E-state index < -0.39 is 0 Å². The molecule has 0 spiro atoms. The lowest BCUT2D eigenvalue weighted by molar-refractivity contribution is 0.0692. The van der Waals surface area contributed by atoms with Crippen LogP contribution in [0.2, 0.25) is 0 Å². The number of hydrogen-bond acceptors (Lipinski definition) is 2. The van der Waals surface area contributed by atoms with Crippen molar-refractivity contribution in [3.05, 3.63) is 0 Å². The molecule has 1 heterocycles. The summed E-state index contributed by atoms with van der Waals surface area (Å²) in [5, 5.41) is 0. The fraction of sp³-hybridized carbons (Fsp3) is 1.00. The molecule has 1 saturated heterocycles. The summed E-state index contributed by atoms with van der Waals surface area (Å²) in [6.45, 7) is 2.06. The first-order valence-corrected chi connectivity index (χ1v) is 1.65. The van der Waals surface area contributed by atoms with Gasteiger partial charge in [0.1, 0.15) is 6.79 Å². The maximum atomic E-state index is 4.72. The van der Waals surface area contributed by atoms with Gasteiger partial charge in [-0.3, -0.25) is 0 Å². The van der Waals surface area contributed by atoms with Gasteiger partial charge in [-0.15, -0.1) is 0 Å². The van der Waals surface area contributed by atoms with E-state index in [2.05, 4.69) is 0 Å². The molecule has 0 aromatic carbocycles. The summed E-state index contributed by atoms with van der Waals surface area (Å²) in [4.78, 5) is 0. The quantitative estimate of drug-likeness (QED) is 0.447. The van der Waals surface area contributed by atoms with Crippen LogP contribution in [-0.4, -0.2) is 20.0 Å². The Morgan fingerprint density at radius 1 is 0.857 bits per heavy atom. The minimum atomic E-state index is 0. The summed E-state index contributed by atoms with van der Waals surface area (Å²) in [7, 11) is 0. The molecule has 2 nitrogen and oxygen atoms in total. The minimum Gasteiger partial charge on any atom is -0.353 e. The van der Waals surface area contributed by atoms with Crippen molar-refractivity contribution in [3.8, 4) is 0 Å². The summed E-state index contributed by atoms with van der Waals surface area (Å²) in [6.07, 6.45) is 0. The van der Waals surface area contributed by atoms with Crippen LogP contribution in [0.3, 0.4) is 0 Å². The lowest BCUT2D eigenvalue weighted by Gasteiger charge is -1.76. The molecule has 1 aliphatic rings. The Kier molecular flexibility index (Phi) is 10.4. The first-order chi connectivity index (χ1) is 2.50. The zero-order valence-corrected chi connectivity index (χ0v) is 7.18. The molecule has 0 aliphatic carbocycles. The van der Waals surface area contributed by atoms with Gasteiger partial charge in [-0.2, -0.15) is 19.8 Å². The lowest BCUT2D eigenvalue weighted by atomic mass is 10.8. The molecule has 0 bridgehead atoms. The first-order valence-electron chi connectivity index (χ1n) is 1.65. The Balaban J connectivity index is 0. The highest BCUT2D eigenvalue weighted by molar-refractivity contribution is 6.92. The zero-order chi connectivity index (χ0) is 3.54. The van der Waals surface area contributed by atoms with Crippen LogP contribution in [0, 0.1) is 0 Å². The van der Waals surface area contributed by atoms with E-state index in [0.717, 1.165) is 13.2 Å². The molecule has 1 aliphatic heterocycles. The molecule has 4 heteroatoms. The topological polar surface area (TPSA) is 18.5 Å². The van der Waals surface area contributed by atoms with Gasteiger partial charge < -0.3 is 9.47 Å². The van der Waals surface area contributed by atoms with Crippen molar-refractivity contribution in [2.24, 2.45) is 0 Å². The summed E-state index contributed by atoms with van der Waals surface area (Å²) >= 11 is 0. The maximum Gasteiger partial charge on any atom is 0.146 e. The zero-order valence-electron chi connectivity index (χ0n) is 4.35. The van der Waals surface area contributed by atoms with Crippen LogP contribution in [0.15, 0.2) is 0 Å². The molecule has 1 fully saturated rings.